The number of nitrogens with zero attached hydrogens (tertiary/aromatic N) is 2. The maximum atomic E-state index is 10.7. The molecule has 21 heavy (non-hydrogen) atoms. The Hall–Kier alpha value is -2.50. The largest absolute Gasteiger partial charge is 0.496 e. The van der Waals surface area contributed by atoms with E-state index in [1.807, 2.05) is 24.3 Å². The number of carbonyl (C=O) groups is 1. The lowest BCUT2D eigenvalue weighted by atomic mass is 10.2. The van der Waals surface area contributed by atoms with E-state index in [4.69, 9.17) is 14.6 Å². The summed E-state index contributed by atoms with van der Waals surface area (Å²) in [4.78, 5) is 10.7. The molecule has 0 aliphatic carbocycles. The van der Waals surface area contributed by atoms with Crippen LogP contribution in [-0.2, 0) is 17.8 Å². The zero-order chi connectivity index (χ0) is 15.2. The first-order chi connectivity index (χ1) is 10.2. The maximum Gasteiger partial charge on any atom is 0.303 e. The monoisotopic (exact) mass is 290 g/mol. The number of methoxy groups -OCH3 is 2. The molecular weight excluding hydrogens is 272 g/mol. The second kappa shape index (κ2) is 6.78. The molecule has 0 aliphatic heterocycles. The summed E-state index contributed by atoms with van der Waals surface area (Å²) in [6.45, 7) is 0.500. The summed E-state index contributed by atoms with van der Waals surface area (Å²) in [5.74, 6) is 0.527. The third-order valence-corrected chi connectivity index (χ3v) is 3.18. The van der Waals surface area contributed by atoms with Crippen molar-refractivity contribution in [3.63, 3.8) is 0 Å². The maximum absolute atomic E-state index is 10.7. The van der Waals surface area contributed by atoms with Gasteiger partial charge in [-0.3, -0.25) is 4.79 Å². The number of hydrogen-bond acceptors (Lipinski definition) is 4. The third kappa shape index (κ3) is 3.53. The fourth-order valence-electron chi connectivity index (χ4n) is 2.17. The number of carboxylic acids is 1. The van der Waals surface area contributed by atoms with Gasteiger partial charge in [-0.25, -0.2) is 4.68 Å². The normalized spacial score (nSPS) is 10.4. The zero-order valence-corrected chi connectivity index (χ0v) is 12.1. The van der Waals surface area contributed by atoms with Gasteiger partial charge in [-0.1, -0.05) is 18.2 Å². The number of ether oxygens (including phenoxy) is 2. The van der Waals surface area contributed by atoms with Gasteiger partial charge in [-0.2, -0.15) is 5.10 Å². The quantitative estimate of drug-likeness (QED) is 0.844. The molecule has 0 saturated carbocycles. The second-order valence-electron chi connectivity index (χ2n) is 4.54. The molecule has 0 radical (unpaired) electrons. The molecule has 0 unspecified atom stereocenters. The first-order valence-electron chi connectivity index (χ1n) is 6.58. The molecule has 112 valence electrons. The standard InChI is InChI=1S/C15H18N2O4/c1-20-13-6-4-3-5-12(13)10-17-15(21-2)11(9-16-17)7-8-14(18)19/h3-6,9H,7-8,10H2,1-2H3,(H,18,19). The van der Waals surface area contributed by atoms with Crippen LogP contribution in [0.25, 0.3) is 0 Å². The molecule has 0 fully saturated rings. The van der Waals surface area contributed by atoms with Crippen molar-refractivity contribution >= 4 is 5.97 Å². The predicted octanol–water partition coefficient (Wildman–Crippen LogP) is 1.97. The predicted molar refractivity (Wildman–Crippen MR) is 76.8 cm³/mol. The van der Waals surface area contributed by atoms with Crippen molar-refractivity contribution in [1.82, 2.24) is 9.78 Å². The van der Waals surface area contributed by atoms with E-state index in [-0.39, 0.29) is 6.42 Å². The Morgan fingerprint density at radius 1 is 1.24 bits per heavy atom. The summed E-state index contributed by atoms with van der Waals surface area (Å²) in [5, 5.41) is 13.0. The number of para-hydroxylation sites is 1. The van der Waals surface area contributed by atoms with Crippen LogP contribution in [0.4, 0.5) is 0 Å². The number of carboxylic acid groups (broad SMARTS) is 1. The van der Waals surface area contributed by atoms with Gasteiger partial charge in [0.25, 0.3) is 0 Å². The number of rotatable bonds is 7. The number of aromatic nitrogens is 2. The smallest absolute Gasteiger partial charge is 0.303 e. The molecule has 1 aromatic heterocycles. The fraction of sp³-hybridized carbons (Fsp3) is 0.333. The van der Waals surface area contributed by atoms with Crippen molar-refractivity contribution in [1.29, 1.82) is 0 Å². The van der Waals surface area contributed by atoms with Crippen molar-refractivity contribution in [3.05, 3.63) is 41.6 Å². The lowest BCUT2D eigenvalue weighted by molar-refractivity contribution is -0.136. The summed E-state index contributed by atoms with van der Waals surface area (Å²) in [7, 11) is 3.18. The van der Waals surface area contributed by atoms with Crippen LogP contribution in [0.15, 0.2) is 30.5 Å². The Kier molecular flexibility index (Phi) is 4.81. The third-order valence-electron chi connectivity index (χ3n) is 3.18. The Morgan fingerprint density at radius 3 is 2.67 bits per heavy atom. The van der Waals surface area contributed by atoms with Gasteiger partial charge in [0.15, 0.2) is 0 Å². The van der Waals surface area contributed by atoms with Crippen LogP contribution < -0.4 is 9.47 Å². The van der Waals surface area contributed by atoms with E-state index < -0.39 is 5.97 Å². The minimum atomic E-state index is -0.838. The molecular formula is C15H18N2O4. The highest BCUT2D eigenvalue weighted by atomic mass is 16.5. The van der Waals surface area contributed by atoms with Crippen molar-refractivity contribution in [2.75, 3.05) is 14.2 Å². The van der Waals surface area contributed by atoms with Gasteiger partial charge in [-0.15, -0.1) is 0 Å². The summed E-state index contributed by atoms with van der Waals surface area (Å²) in [6, 6.07) is 7.67. The Morgan fingerprint density at radius 2 is 2.00 bits per heavy atom. The Balaban J connectivity index is 2.22. The molecule has 0 amide bonds. The van der Waals surface area contributed by atoms with Gasteiger partial charge in [-0.05, 0) is 12.5 Å². The van der Waals surface area contributed by atoms with Crippen LogP contribution in [0.2, 0.25) is 0 Å². The van der Waals surface area contributed by atoms with E-state index in [0.717, 1.165) is 16.9 Å². The molecule has 0 atom stereocenters. The number of aliphatic carboxylic acids is 1. The van der Waals surface area contributed by atoms with E-state index in [9.17, 15) is 4.79 Å². The van der Waals surface area contributed by atoms with Crippen molar-refractivity contribution < 1.29 is 19.4 Å². The second-order valence-corrected chi connectivity index (χ2v) is 4.54. The van der Waals surface area contributed by atoms with Crippen molar-refractivity contribution in [2.45, 2.75) is 19.4 Å². The highest BCUT2D eigenvalue weighted by molar-refractivity contribution is 5.67. The average Bonchev–Trinajstić information content (AvgIpc) is 2.87. The van der Waals surface area contributed by atoms with Gasteiger partial charge in [0.2, 0.25) is 5.88 Å². The van der Waals surface area contributed by atoms with Crippen LogP contribution in [0.5, 0.6) is 11.6 Å². The van der Waals surface area contributed by atoms with Gasteiger partial charge >= 0.3 is 5.97 Å². The zero-order valence-electron chi connectivity index (χ0n) is 12.1. The molecule has 0 bridgehead atoms. The van der Waals surface area contributed by atoms with Crippen LogP contribution in [0.1, 0.15) is 17.5 Å². The van der Waals surface area contributed by atoms with Crippen LogP contribution in [0, 0.1) is 0 Å². The minimum Gasteiger partial charge on any atom is -0.496 e. The molecule has 0 aliphatic rings. The summed E-state index contributed by atoms with van der Waals surface area (Å²) >= 11 is 0. The molecule has 1 heterocycles. The molecule has 0 spiro atoms. The van der Waals surface area contributed by atoms with Crippen molar-refractivity contribution in [3.8, 4) is 11.6 Å². The highest BCUT2D eigenvalue weighted by Gasteiger charge is 2.14. The fourth-order valence-corrected chi connectivity index (χ4v) is 2.17. The first-order valence-corrected chi connectivity index (χ1v) is 6.58. The van der Waals surface area contributed by atoms with E-state index in [2.05, 4.69) is 5.10 Å². The van der Waals surface area contributed by atoms with Gasteiger partial charge in [0, 0.05) is 17.5 Å². The Labute approximate surface area is 122 Å². The molecule has 6 nitrogen and oxygen atoms in total. The van der Waals surface area contributed by atoms with E-state index in [1.54, 1.807) is 25.1 Å². The van der Waals surface area contributed by atoms with Gasteiger partial charge < -0.3 is 14.6 Å². The summed E-state index contributed by atoms with van der Waals surface area (Å²) < 4.78 is 12.4. The molecule has 2 aromatic rings. The van der Waals surface area contributed by atoms with E-state index >= 15 is 0 Å². The molecule has 1 N–H and O–H groups in total. The molecule has 0 saturated heterocycles. The number of benzene rings is 1. The first kappa shape index (κ1) is 14.9. The highest BCUT2D eigenvalue weighted by Crippen LogP contribution is 2.24. The average molecular weight is 290 g/mol. The lowest BCUT2D eigenvalue weighted by Crippen LogP contribution is -2.06. The van der Waals surface area contributed by atoms with Crippen molar-refractivity contribution in [2.24, 2.45) is 0 Å². The lowest BCUT2D eigenvalue weighted by Gasteiger charge is -2.11. The minimum absolute atomic E-state index is 0.0523. The summed E-state index contributed by atoms with van der Waals surface area (Å²) in [5.41, 5.74) is 1.76. The van der Waals surface area contributed by atoms with Crippen LogP contribution in [-0.4, -0.2) is 35.1 Å². The van der Waals surface area contributed by atoms with Crippen LogP contribution in [0.3, 0.4) is 0 Å². The van der Waals surface area contributed by atoms with E-state index in [1.165, 1.54) is 0 Å². The number of hydrogen-bond donors (Lipinski definition) is 1. The number of aryl methyl sites for hydroxylation is 1. The van der Waals surface area contributed by atoms with Gasteiger partial charge in [0.1, 0.15) is 5.75 Å². The van der Waals surface area contributed by atoms with Gasteiger partial charge in [0.05, 0.1) is 27.0 Å². The SMILES string of the molecule is COc1ccccc1Cn1ncc(CCC(=O)O)c1OC. The van der Waals surface area contributed by atoms with E-state index in [0.29, 0.717) is 18.8 Å². The molecule has 2 rings (SSSR count). The topological polar surface area (TPSA) is 73.6 Å². The Bertz CT molecular complexity index is 622. The molecule has 1 aromatic carbocycles. The summed E-state index contributed by atoms with van der Waals surface area (Å²) in [6.07, 6.45) is 2.10. The van der Waals surface area contributed by atoms with Crippen LogP contribution >= 0.6 is 0 Å². The molecule has 6 heteroatoms.